The van der Waals surface area contributed by atoms with Crippen LogP contribution in [0.2, 0.25) is 0 Å². The Bertz CT molecular complexity index is 525. The van der Waals surface area contributed by atoms with Crippen LogP contribution in [0.15, 0.2) is 18.2 Å². The van der Waals surface area contributed by atoms with E-state index in [1.54, 1.807) is 0 Å². The minimum atomic E-state index is 0.0591. The zero-order valence-corrected chi connectivity index (χ0v) is 13.0. The van der Waals surface area contributed by atoms with Crippen molar-refractivity contribution in [1.82, 2.24) is 10.2 Å². The molecule has 2 fully saturated rings. The van der Waals surface area contributed by atoms with Crippen molar-refractivity contribution in [2.45, 2.75) is 45.2 Å². The highest BCUT2D eigenvalue weighted by Crippen LogP contribution is 2.29. The van der Waals surface area contributed by atoms with Gasteiger partial charge in [0.1, 0.15) is 0 Å². The second-order valence-electron chi connectivity index (χ2n) is 6.25. The van der Waals surface area contributed by atoms with Gasteiger partial charge >= 0.3 is 0 Å². The molecule has 114 valence electrons. The molecule has 4 heteroatoms. The summed E-state index contributed by atoms with van der Waals surface area (Å²) in [5, 5.41) is 6.49. The van der Waals surface area contributed by atoms with Gasteiger partial charge in [-0.25, -0.2) is 0 Å². The molecule has 0 spiro atoms. The molecule has 21 heavy (non-hydrogen) atoms. The Morgan fingerprint density at radius 2 is 2.14 bits per heavy atom. The van der Waals surface area contributed by atoms with Crippen molar-refractivity contribution < 1.29 is 4.79 Å². The predicted octanol–water partition coefficient (Wildman–Crippen LogP) is 2.39. The summed E-state index contributed by atoms with van der Waals surface area (Å²) in [4.78, 5) is 14.9. The van der Waals surface area contributed by atoms with Crippen molar-refractivity contribution in [3.8, 4) is 0 Å². The average molecular weight is 287 g/mol. The number of carbonyl (C=O) groups is 1. The van der Waals surface area contributed by atoms with Gasteiger partial charge in [0.15, 0.2) is 0 Å². The molecule has 4 nitrogen and oxygen atoms in total. The molecule has 0 bridgehead atoms. The third-order valence-electron chi connectivity index (χ3n) is 4.47. The monoisotopic (exact) mass is 287 g/mol. The van der Waals surface area contributed by atoms with Crippen LogP contribution in [-0.4, -0.2) is 42.5 Å². The van der Waals surface area contributed by atoms with Gasteiger partial charge in [0.05, 0.1) is 0 Å². The third-order valence-corrected chi connectivity index (χ3v) is 4.47. The number of hydrogen-bond donors (Lipinski definition) is 2. The van der Waals surface area contributed by atoms with Crippen molar-refractivity contribution in [2.75, 3.05) is 25.0 Å². The van der Waals surface area contributed by atoms with Crippen molar-refractivity contribution in [3.05, 3.63) is 29.3 Å². The zero-order chi connectivity index (χ0) is 14.8. The number of likely N-dealkylation sites (tertiary alicyclic amines) is 1. The highest BCUT2D eigenvalue weighted by Gasteiger charge is 2.34. The fourth-order valence-electron chi connectivity index (χ4n) is 3.14. The highest BCUT2D eigenvalue weighted by atomic mass is 16.1. The van der Waals surface area contributed by atoms with E-state index < -0.39 is 0 Å². The van der Waals surface area contributed by atoms with Crippen molar-refractivity contribution >= 4 is 11.6 Å². The minimum absolute atomic E-state index is 0.0591. The fraction of sp³-hybridized carbons (Fsp3) is 0.588. The maximum absolute atomic E-state index is 12.4. The first-order valence-electron chi connectivity index (χ1n) is 8.07. The molecule has 2 aliphatic rings. The lowest BCUT2D eigenvalue weighted by atomic mass is 10.1. The first-order chi connectivity index (χ1) is 10.2. The van der Waals surface area contributed by atoms with Crippen LogP contribution >= 0.6 is 0 Å². The lowest BCUT2D eigenvalue weighted by molar-refractivity contribution is 0.0937. The number of anilines is 1. The lowest BCUT2D eigenvalue weighted by Gasteiger charge is -2.16. The van der Waals surface area contributed by atoms with Crippen LogP contribution < -0.4 is 10.6 Å². The summed E-state index contributed by atoms with van der Waals surface area (Å²) < 4.78 is 0. The average Bonchev–Trinajstić information content (AvgIpc) is 3.22. The zero-order valence-electron chi connectivity index (χ0n) is 13.0. The first kappa shape index (κ1) is 14.4. The van der Waals surface area contributed by atoms with E-state index in [0.29, 0.717) is 6.04 Å². The maximum atomic E-state index is 12.4. The summed E-state index contributed by atoms with van der Waals surface area (Å²) in [7, 11) is 0. The van der Waals surface area contributed by atoms with Crippen LogP contribution in [0.3, 0.4) is 0 Å². The second kappa shape index (κ2) is 6.06. The van der Waals surface area contributed by atoms with Gasteiger partial charge in [-0.2, -0.15) is 0 Å². The first-order valence-corrected chi connectivity index (χ1v) is 8.07. The van der Waals surface area contributed by atoms with Crippen LogP contribution in [-0.2, 0) is 0 Å². The molecule has 1 saturated heterocycles. The standard InChI is InChI=1S/C17H25N3O/c1-3-18-16-7-4-13(10-12(16)2)17(21)19-14-8-9-20(11-14)15-5-6-15/h4,7,10,14-15,18H,3,5-6,8-9,11H2,1-2H3,(H,19,21). The molecule has 1 aliphatic heterocycles. The summed E-state index contributed by atoms with van der Waals surface area (Å²) in [6, 6.07) is 6.99. The Kier molecular flexibility index (Phi) is 4.15. The molecule has 1 aromatic rings. The molecule has 1 aromatic carbocycles. The fourth-order valence-corrected chi connectivity index (χ4v) is 3.14. The number of amides is 1. The largest absolute Gasteiger partial charge is 0.385 e. The molecule has 0 aromatic heterocycles. The van der Waals surface area contributed by atoms with Gasteiger partial charge < -0.3 is 10.6 Å². The predicted molar refractivity (Wildman–Crippen MR) is 85.8 cm³/mol. The molecular formula is C17H25N3O. The molecule has 1 aliphatic carbocycles. The number of aryl methyl sites for hydroxylation is 1. The van der Waals surface area contributed by atoms with E-state index in [2.05, 4.69) is 22.5 Å². The quantitative estimate of drug-likeness (QED) is 0.874. The van der Waals surface area contributed by atoms with Crippen molar-refractivity contribution in [3.63, 3.8) is 0 Å². The molecule has 1 unspecified atom stereocenters. The van der Waals surface area contributed by atoms with Gasteiger partial charge in [0.2, 0.25) is 0 Å². The third kappa shape index (κ3) is 3.38. The van der Waals surface area contributed by atoms with E-state index in [1.807, 2.05) is 25.1 Å². The molecule has 3 rings (SSSR count). The number of nitrogens with one attached hydrogen (secondary N) is 2. The Morgan fingerprint density at radius 3 is 2.81 bits per heavy atom. The smallest absolute Gasteiger partial charge is 0.251 e. The van der Waals surface area contributed by atoms with E-state index in [4.69, 9.17) is 0 Å². The van der Waals surface area contributed by atoms with Crippen LogP contribution in [0.4, 0.5) is 5.69 Å². The Hall–Kier alpha value is -1.55. The van der Waals surface area contributed by atoms with Crippen molar-refractivity contribution in [2.24, 2.45) is 0 Å². The van der Waals surface area contributed by atoms with Gasteiger partial charge in [-0.3, -0.25) is 9.69 Å². The number of rotatable bonds is 5. The normalized spacial score (nSPS) is 22.3. The molecule has 1 heterocycles. The number of benzene rings is 1. The summed E-state index contributed by atoms with van der Waals surface area (Å²) in [5.41, 5.74) is 2.99. The van der Waals surface area contributed by atoms with Crippen LogP contribution in [0.25, 0.3) is 0 Å². The van der Waals surface area contributed by atoms with Crippen LogP contribution in [0, 0.1) is 6.92 Å². The van der Waals surface area contributed by atoms with Gasteiger partial charge in [-0.05, 0) is 56.9 Å². The number of nitrogens with zero attached hydrogens (tertiary/aromatic N) is 1. The molecule has 1 amide bonds. The molecule has 1 atom stereocenters. The van der Waals surface area contributed by atoms with E-state index in [9.17, 15) is 4.79 Å². The lowest BCUT2D eigenvalue weighted by Crippen LogP contribution is -2.37. The van der Waals surface area contributed by atoms with Gasteiger partial charge in [-0.1, -0.05) is 0 Å². The molecule has 0 radical (unpaired) electrons. The Morgan fingerprint density at radius 1 is 1.33 bits per heavy atom. The second-order valence-corrected chi connectivity index (χ2v) is 6.25. The molecule has 2 N–H and O–H groups in total. The Balaban J connectivity index is 1.58. The topological polar surface area (TPSA) is 44.4 Å². The molecular weight excluding hydrogens is 262 g/mol. The van der Waals surface area contributed by atoms with Crippen molar-refractivity contribution in [1.29, 1.82) is 0 Å². The summed E-state index contributed by atoms with van der Waals surface area (Å²) in [6.45, 7) is 7.16. The van der Waals surface area contributed by atoms with E-state index in [0.717, 1.165) is 48.9 Å². The van der Waals surface area contributed by atoms with Crippen LogP contribution in [0.5, 0.6) is 0 Å². The summed E-state index contributed by atoms with van der Waals surface area (Å²) in [6.07, 6.45) is 3.76. The Labute approximate surface area is 126 Å². The maximum Gasteiger partial charge on any atom is 0.251 e. The van der Waals surface area contributed by atoms with Gasteiger partial charge in [0, 0.05) is 43.0 Å². The van der Waals surface area contributed by atoms with E-state index in [-0.39, 0.29) is 5.91 Å². The summed E-state index contributed by atoms with van der Waals surface area (Å²) in [5.74, 6) is 0.0591. The highest BCUT2D eigenvalue weighted by molar-refractivity contribution is 5.95. The van der Waals surface area contributed by atoms with E-state index in [1.165, 1.54) is 12.8 Å². The van der Waals surface area contributed by atoms with Gasteiger partial charge in [0.25, 0.3) is 5.91 Å². The molecule has 1 saturated carbocycles. The summed E-state index contributed by atoms with van der Waals surface area (Å²) >= 11 is 0. The minimum Gasteiger partial charge on any atom is -0.385 e. The van der Waals surface area contributed by atoms with E-state index >= 15 is 0 Å². The number of carbonyl (C=O) groups excluding carboxylic acids is 1. The van der Waals surface area contributed by atoms with Gasteiger partial charge in [-0.15, -0.1) is 0 Å². The SMILES string of the molecule is CCNc1ccc(C(=O)NC2CCN(C3CC3)C2)cc1C. The van der Waals surface area contributed by atoms with Crippen LogP contribution in [0.1, 0.15) is 42.1 Å². The number of hydrogen-bond acceptors (Lipinski definition) is 3.